The molecule has 1 aromatic rings. The second-order valence-electron chi connectivity index (χ2n) is 9.16. The van der Waals surface area contributed by atoms with Gasteiger partial charge in [0.15, 0.2) is 5.96 Å². The van der Waals surface area contributed by atoms with E-state index in [2.05, 4.69) is 65.6 Å². The number of guanidine groups is 1. The molecule has 3 rings (SSSR count). The third-order valence-corrected chi connectivity index (χ3v) is 6.49. The van der Waals surface area contributed by atoms with Crippen LogP contribution in [0.15, 0.2) is 29.3 Å². The first-order valence-electron chi connectivity index (χ1n) is 11.4. The van der Waals surface area contributed by atoms with E-state index in [0.29, 0.717) is 5.92 Å². The van der Waals surface area contributed by atoms with Crippen molar-refractivity contribution in [3.63, 3.8) is 0 Å². The van der Waals surface area contributed by atoms with Crippen molar-refractivity contribution in [1.29, 1.82) is 0 Å². The van der Waals surface area contributed by atoms with Gasteiger partial charge in [-0.25, -0.2) is 0 Å². The molecule has 0 saturated carbocycles. The molecule has 1 unspecified atom stereocenters. The molecule has 1 aromatic carbocycles. The van der Waals surface area contributed by atoms with Crippen molar-refractivity contribution in [2.45, 2.75) is 64.5 Å². The minimum atomic E-state index is 0.202. The van der Waals surface area contributed by atoms with E-state index in [1.807, 2.05) is 7.05 Å². The summed E-state index contributed by atoms with van der Waals surface area (Å²) in [5, 5.41) is 7.22. The van der Waals surface area contributed by atoms with Gasteiger partial charge < -0.3 is 15.4 Å². The fraction of sp³-hybridized carbons (Fsp3) is 0.708. The molecule has 2 fully saturated rings. The Hall–Kier alpha value is -1.59. The molecular formula is C24H40N4O. The Morgan fingerprint density at radius 1 is 1.10 bits per heavy atom. The molecule has 0 radical (unpaired) electrons. The first-order chi connectivity index (χ1) is 14.0. The zero-order chi connectivity index (χ0) is 20.7. The number of aliphatic imine (C=N–C) groups is 1. The topological polar surface area (TPSA) is 48.9 Å². The highest BCUT2D eigenvalue weighted by Gasteiger charge is 2.39. The van der Waals surface area contributed by atoms with E-state index in [4.69, 9.17) is 4.74 Å². The van der Waals surface area contributed by atoms with Gasteiger partial charge in [-0.3, -0.25) is 9.89 Å². The maximum Gasteiger partial charge on any atom is 0.191 e. The van der Waals surface area contributed by atoms with Crippen LogP contribution in [0.2, 0.25) is 0 Å². The molecule has 2 saturated heterocycles. The number of ether oxygens (including phenoxy) is 1. The average molecular weight is 401 g/mol. The highest BCUT2D eigenvalue weighted by Crippen LogP contribution is 2.30. The van der Waals surface area contributed by atoms with Gasteiger partial charge in [-0.05, 0) is 69.2 Å². The van der Waals surface area contributed by atoms with Crippen LogP contribution in [-0.4, -0.2) is 56.3 Å². The van der Waals surface area contributed by atoms with Crippen molar-refractivity contribution in [3.05, 3.63) is 35.4 Å². The zero-order valence-electron chi connectivity index (χ0n) is 18.8. The highest BCUT2D eigenvalue weighted by atomic mass is 16.5. The Morgan fingerprint density at radius 2 is 1.76 bits per heavy atom. The van der Waals surface area contributed by atoms with E-state index < -0.39 is 0 Å². The predicted octanol–water partition coefficient (Wildman–Crippen LogP) is 3.76. The standard InChI is InChI=1S/C24H40N4O/c1-19(2)17-21-7-9-22(10-8-21)20(3)27-23(25-4)26-18-24(11-15-29-16-12-24)28-13-5-6-14-28/h7-10,19-20H,5-6,11-18H2,1-4H3,(H2,25,26,27). The molecule has 2 heterocycles. The zero-order valence-corrected chi connectivity index (χ0v) is 18.8. The van der Waals surface area contributed by atoms with E-state index >= 15 is 0 Å². The summed E-state index contributed by atoms with van der Waals surface area (Å²) < 4.78 is 5.67. The van der Waals surface area contributed by atoms with Crippen molar-refractivity contribution in [3.8, 4) is 0 Å². The number of hydrogen-bond donors (Lipinski definition) is 2. The van der Waals surface area contributed by atoms with Crippen LogP contribution >= 0.6 is 0 Å². The SMILES string of the molecule is CN=C(NCC1(N2CCCC2)CCOCC1)NC(C)c1ccc(CC(C)C)cc1. The Morgan fingerprint density at radius 3 is 2.34 bits per heavy atom. The van der Waals surface area contributed by atoms with Crippen LogP contribution in [0.3, 0.4) is 0 Å². The Bertz CT molecular complexity index is 643. The lowest BCUT2D eigenvalue weighted by atomic mass is 9.88. The predicted molar refractivity (Wildman–Crippen MR) is 121 cm³/mol. The molecule has 1 atom stereocenters. The van der Waals surface area contributed by atoms with Gasteiger partial charge in [0.25, 0.3) is 0 Å². The fourth-order valence-corrected chi connectivity index (χ4v) is 4.69. The van der Waals surface area contributed by atoms with Crippen LogP contribution < -0.4 is 10.6 Å². The molecule has 5 heteroatoms. The van der Waals surface area contributed by atoms with Crippen LogP contribution in [0, 0.1) is 5.92 Å². The highest BCUT2D eigenvalue weighted by molar-refractivity contribution is 5.80. The van der Waals surface area contributed by atoms with Gasteiger partial charge in [0.05, 0.1) is 6.04 Å². The van der Waals surface area contributed by atoms with Crippen LogP contribution in [0.25, 0.3) is 0 Å². The van der Waals surface area contributed by atoms with Crippen LogP contribution in [0.1, 0.15) is 63.6 Å². The summed E-state index contributed by atoms with van der Waals surface area (Å²) in [5.74, 6) is 1.57. The second kappa shape index (κ2) is 10.4. The van der Waals surface area contributed by atoms with Gasteiger partial charge in [-0.15, -0.1) is 0 Å². The second-order valence-corrected chi connectivity index (χ2v) is 9.16. The maximum absolute atomic E-state index is 5.67. The number of hydrogen-bond acceptors (Lipinski definition) is 3. The van der Waals surface area contributed by atoms with Crippen molar-refractivity contribution < 1.29 is 4.74 Å². The van der Waals surface area contributed by atoms with E-state index in [1.54, 1.807) is 0 Å². The lowest BCUT2D eigenvalue weighted by molar-refractivity contribution is -0.0164. The molecule has 2 aliphatic heterocycles. The molecule has 0 amide bonds. The van der Waals surface area contributed by atoms with Crippen molar-refractivity contribution in [2.75, 3.05) is 39.9 Å². The Balaban J connectivity index is 1.57. The van der Waals surface area contributed by atoms with Gasteiger partial charge in [0.2, 0.25) is 0 Å². The molecule has 2 N–H and O–H groups in total. The Kier molecular flexibility index (Phi) is 7.96. The summed E-state index contributed by atoms with van der Waals surface area (Å²) >= 11 is 0. The Labute approximate surface area is 177 Å². The normalized spacial score (nSPS) is 21.3. The summed E-state index contributed by atoms with van der Waals surface area (Å²) in [6.45, 7) is 11.8. The number of nitrogens with zero attached hydrogens (tertiary/aromatic N) is 2. The molecule has 0 aliphatic carbocycles. The molecule has 2 aliphatic rings. The minimum absolute atomic E-state index is 0.202. The number of likely N-dealkylation sites (tertiary alicyclic amines) is 1. The van der Waals surface area contributed by atoms with Crippen LogP contribution in [0.4, 0.5) is 0 Å². The molecule has 0 aromatic heterocycles. The molecule has 0 bridgehead atoms. The third kappa shape index (κ3) is 5.95. The summed E-state index contributed by atoms with van der Waals surface area (Å²) in [4.78, 5) is 7.18. The van der Waals surface area contributed by atoms with E-state index in [-0.39, 0.29) is 11.6 Å². The summed E-state index contributed by atoms with van der Waals surface area (Å²) in [6, 6.07) is 9.22. The van der Waals surface area contributed by atoms with E-state index in [1.165, 1.54) is 37.1 Å². The first-order valence-corrected chi connectivity index (χ1v) is 11.4. The van der Waals surface area contributed by atoms with Crippen LogP contribution in [0.5, 0.6) is 0 Å². The van der Waals surface area contributed by atoms with Crippen molar-refractivity contribution in [1.82, 2.24) is 15.5 Å². The molecular weight excluding hydrogens is 360 g/mol. The lowest BCUT2D eigenvalue weighted by Crippen LogP contribution is -2.58. The van der Waals surface area contributed by atoms with E-state index in [9.17, 15) is 0 Å². The van der Waals surface area contributed by atoms with Gasteiger partial charge >= 0.3 is 0 Å². The summed E-state index contributed by atoms with van der Waals surface area (Å²) in [5.41, 5.74) is 2.90. The first kappa shape index (κ1) is 22.1. The number of rotatable bonds is 7. The number of benzene rings is 1. The molecule has 162 valence electrons. The lowest BCUT2D eigenvalue weighted by Gasteiger charge is -2.45. The van der Waals surface area contributed by atoms with Crippen molar-refractivity contribution >= 4 is 5.96 Å². The minimum Gasteiger partial charge on any atom is -0.381 e. The quantitative estimate of drug-likeness (QED) is 0.540. The monoisotopic (exact) mass is 400 g/mol. The molecule has 0 spiro atoms. The van der Waals surface area contributed by atoms with Gasteiger partial charge in [-0.2, -0.15) is 0 Å². The van der Waals surface area contributed by atoms with Gasteiger partial charge in [0.1, 0.15) is 0 Å². The van der Waals surface area contributed by atoms with Gasteiger partial charge in [0, 0.05) is 32.3 Å². The summed E-state index contributed by atoms with van der Waals surface area (Å²) in [6.07, 6.45) is 5.97. The maximum atomic E-state index is 5.67. The smallest absolute Gasteiger partial charge is 0.191 e. The van der Waals surface area contributed by atoms with Gasteiger partial charge in [-0.1, -0.05) is 38.1 Å². The summed E-state index contributed by atoms with van der Waals surface area (Å²) in [7, 11) is 1.86. The molecule has 29 heavy (non-hydrogen) atoms. The van der Waals surface area contributed by atoms with Crippen molar-refractivity contribution in [2.24, 2.45) is 10.9 Å². The van der Waals surface area contributed by atoms with Crippen LogP contribution in [-0.2, 0) is 11.2 Å². The van der Waals surface area contributed by atoms with E-state index in [0.717, 1.165) is 45.0 Å². The fourth-order valence-electron chi connectivity index (χ4n) is 4.69. The number of nitrogens with one attached hydrogen (secondary N) is 2. The average Bonchev–Trinajstić information content (AvgIpc) is 3.27. The molecule has 5 nitrogen and oxygen atoms in total. The largest absolute Gasteiger partial charge is 0.381 e. The third-order valence-electron chi connectivity index (χ3n) is 6.49.